The smallest absolute Gasteiger partial charge is 0.306 e. The van der Waals surface area contributed by atoms with Gasteiger partial charge in [-0.15, -0.1) is 0 Å². The van der Waals surface area contributed by atoms with Crippen molar-refractivity contribution in [3.63, 3.8) is 0 Å². The molecular formula is C20H34N4O2. The molecule has 0 aliphatic rings. The number of aliphatic imine (C=N–C) groups is 1. The van der Waals surface area contributed by atoms with Crippen LogP contribution in [0.1, 0.15) is 58.6 Å². The minimum absolute atomic E-state index is 0.104. The molecule has 1 rings (SSSR count). The van der Waals surface area contributed by atoms with Gasteiger partial charge in [0.1, 0.15) is 5.60 Å². The molecule has 1 aromatic heterocycles. The normalized spacial score (nSPS) is 11.9. The average Bonchev–Trinajstić information content (AvgIpc) is 2.58. The molecule has 0 bridgehead atoms. The Morgan fingerprint density at radius 1 is 1.12 bits per heavy atom. The van der Waals surface area contributed by atoms with E-state index in [9.17, 15) is 4.79 Å². The number of rotatable bonds is 10. The van der Waals surface area contributed by atoms with E-state index in [2.05, 4.69) is 20.6 Å². The molecule has 0 atom stereocenters. The fourth-order valence-corrected chi connectivity index (χ4v) is 2.42. The predicted molar refractivity (Wildman–Crippen MR) is 106 cm³/mol. The van der Waals surface area contributed by atoms with Crippen molar-refractivity contribution in [2.45, 2.75) is 64.9 Å². The summed E-state index contributed by atoms with van der Waals surface area (Å²) < 4.78 is 5.30. The molecule has 1 aromatic rings. The summed E-state index contributed by atoms with van der Waals surface area (Å²) in [6.07, 6.45) is 7.23. The number of unbranched alkanes of at least 4 members (excludes halogenated alkanes) is 3. The van der Waals surface area contributed by atoms with Crippen molar-refractivity contribution in [3.8, 4) is 0 Å². The Morgan fingerprint density at radius 2 is 1.85 bits per heavy atom. The van der Waals surface area contributed by atoms with Crippen molar-refractivity contribution in [1.82, 2.24) is 15.6 Å². The quantitative estimate of drug-likeness (QED) is 0.289. The molecule has 0 aliphatic carbocycles. The van der Waals surface area contributed by atoms with Crippen LogP contribution in [-0.2, 0) is 16.0 Å². The molecule has 6 heteroatoms. The molecule has 6 nitrogen and oxygen atoms in total. The fraction of sp³-hybridized carbons (Fsp3) is 0.650. The molecular weight excluding hydrogens is 328 g/mol. The number of nitrogens with zero attached hydrogens (tertiary/aromatic N) is 2. The van der Waals surface area contributed by atoms with E-state index in [1.165, 1.54) is 0 Å². The first kappa shape index (κ1) is 21.9. The summed E-state index contributed by atoms with van der Waals surface area (Å²) in [7, 11) is 1.77. The highest BCUT2D eigenvalue weighted by atomic mass is 16.6. The van der Waals surface area contributed by atoms with Crippen LogP contribution < -0.4 is 10.6 Å². The number of hydrogen-bond acceptors (Lipinski definition) is 4. The van der Waals surface area contributed by atoms with E-state index in [4.69, 9.17) is 4.74 Å². The number of guanidine groups is 1. The molecule has 0 amide bonds. The fourth-order valence-electron chi connectivity index (χ4n) is 2.42. The first-order chi connectivity index (χ1) is 12.4. The predicted octanol–water partition coefficient (Wildman–Crippen LogP) is 3.08. The number of pyridine rings is 1. The van der Waals surface area contributed by atoms with E-state index in [1.807, 2.05) is 45.2 Å². The molecule has 0 unspecified atom stereocenters. The standard InChI is InChI=1S/C20H34N4O2/c1-20(2,3)26-18(25)12-7-5-6-9-15-23-19(21-4)24-16-13-17-11-8-10-14-22-17/h8,10-11,14H,5-7,9,12-13,15-16H2,1-4H3,(H2,21,23,24). The largest absolute Gasteiger partial charge is 0.460 e. The summed E-state index contributed by atoms with van der Waals surface area (Å²) in [5.74, 6) is 0.711. The summed E-state index contributed by atoms with van der Waals surface area (Å²) in [6.45, 7) is 7.36. The minimum atomic E-state index is -0.388. The first-order valence-corrected chi connectivity index (χ1v) is 9.47. The second kappa shape index (κ2) is 12.3. The number of carbonyl (C=O) groups is 1. The zero-order valence-corrected chi connectivity index (χ0v) is 16.7. The van der Waals surface area contributed by atoms with Gasteiger partial charge in [0, 0.05) is 44.9 Å². The lowest BCUT2D eigenvalue weighted by molar-refractivity contribution is -0.154. The SMILES string of the molecule is CN=C(NCCCCCCC(=O)OC(C)(C)C)NCCc1ccccn1. The van der Waals surface area contributed by atoms with Crippen LogP contribution in [0.25, 0.3) is 0 Å². The number of nitrogens with one attached hydrogen (secondary N) is 2. The van der Waals surface area contributed by atoms with Crippen LogP contribution in [0.4, 0.5) is 0 Å². The van der Waals surface area contributed by atoms with Crippen molar-refractivity contribution in [2.75, 3.05) is 20.1 Å². The van der Waals surface area contributed by atoms with Gasteiger partial charge in [0.2, 0.25) is 0 Å². The zero-order chi connectivity index (χ0) is 19.3. The van der Waals surface area contributed by atoms with E-state index in [0.717, 1.165) is 56.8 Å². The third kappa shape index (κ3) is 11.4. The molecule has 1 heterocycles. The van der Waals surface area contributed by atoms with Crippen LogP contribution in [0.2, 0.25) is 0 Å². The summed E-state index contributed by atoms with van der Waals surface area (Å²) in [4.78, 5) is 20.1. The number of ether oxygens (including phenoxy) is 1. The number of esters is 1. The molecule has 0 aliphatic heterocycles. The van der Waals surface area contributed by atoms with E-state index in [1.54, 1.807) is 7.05 Å². The topological polar surface area (TPSA) is 75.6 Å². The highest BCUT2D eigenvalue weighted by molar-refractivity contribution is 5.79. The Morgan fingerprint density at radius 3 is 2.50 bits per heavy atom. The van der Waals surface area contributed by atoms with Gasteiger partial charge < -0.3 is 15.4 Å². The van der Waals surface area contributed by atoms with Crippen molar-refractivity contribution >= 4 is 11.9 Å². The third-order valence-corrected chi connectivity index (χ3v) is 3.64. The molecule has 0 saturated carbocycles. The van der Waals surface area contributed by atoms with Gasteiger partial charge >= 0.3 is 5.97 Å². The Labute approximate surface area is 157 Å². The number of hydrogen-bond donors (Lipinski definition) is 2. The van der Waals surface area contributed by atoms with Gasteiger partial charge in [-0.1, -0.05) is 18.9 Å². The van der Waals surface area contributed by atoms with Crippen molar-refractivity contribution in [2.24, 2.45) is 4.99 Å². The van der Waals surface area contributed by atoms with Crippen molar-refractivity contribution < 1.29 is 9.53 Å². The molecule has 0 aromatic carbocycles. The van der Waals surface area contributed by atoms with Gasteiger partial charge in [-0.05, 0) is 45.7 Å². The maximum Gasteiger partial charge on any atom is 0.306 e. The van der Waals surface area contributed by atoms with E-state index in [-0.39, 0.29) is 11.6 Å². The van der Waals surface area contributed by atoms with Gasteiger partial charge in [-0.3, -0.25) is 14.8 Å². The lowest BCUT2D eigenvalue weighted by atomic mass is 10.1. The van der Waals surface area contributed by atoms with Crippen molar-refractivity contribution in [1.29, 1.82) is 0 Å². The Kier molecular flexibility index (Phi) is 10.4. The van der Waals surface area contributed by atoms with Crippen LogP contribution >= 0.6 is 0 Å². The number of carbonyl (C=O) groups excluding carboxylic acids is 1. The summed E-state index contributed by atoms with van der Waals surface area (Å²) >= 11 is 0. The summed E-state index contributed by atoms with van der Waals surface area (Å²) in [6, 6.07) is 5.94. The van der Waals surface area contributed by atoms with Crippen LogP contribution in [-0.4, -0.2) is 42.7 Å². The van der Waals surface area contributed by atoms with E-state index < -0.39 is 0 Å². The monoisotopic (exact) mass is 362 g/mol. The molecule has 146 valence electrons. The van der Waals surface area contributed by atoms with Crippen molar-refractivity contribution in [3.05, 3.63) is 30.1 Å². The van der Waals surface area contributed by atoms with Gasteiger partial charge in [-0.2, -0.15) is 0 Å². The third-order valence-electron chi connectivity index (χ3n) is 3.64. The van der Waals surface area contributed by atoms with Crippen LogP contribution in [0, 0.1) is 0 Å². The van der Waals surface area contributed by atoms with E-state index in [0.29, 0.717) is 6.42 Å². The molecule has 2 N–H and O–H groups in total. The Hall–Kier alpha value is -2.11. The average molecular weight is 363 g/mol. The highest BCUT2D eigenvalue weighted by Crippen LogP contribution is 2.10. The summed E-state index contributed by atoms with van der Waals surface area (Å²) in [5.41, 5.74) is 0.681. The second-order valence-corrected chi connectivity index (χ2v) is 7.25. The lowest BCUT2D eigenvalue weighted by Gasteiger charge is -2.19. The molecule has 0 fully saturated rings. The molecule has 26 heavy (non-hydrogen) atoms. The zero-order valence-electron chi connectivity index (χ0n) is 16.7. The molecule has 0 saturated heterocycles. The Bertz CT molecular complexity index is 538. The number of aromatic nitrogens is 1. The maximum atomic E-state index is 11.6. The van der Waals surface area contributed by atoms with Gasteiger partial charge in [0.05, 0.1) is 0 Å². The Balaban J connectivity index is 2.02. The minimum Gasteiger partial charge on any atom is -0.460 e. The van der Waals surface area contributed by atoms with Crippen LogP contribution in [0.15, 0.2) is 29.4 Å². The highest BCUT2D eigenvalue weighted by Gasteiger charge is 2.15. The van der Waals surface area contributed by atoms with Gasteiger partial charge in [0.15, 0.2) is 5.96 Å². The molecule has 0 radical (unpaired) electrons. The molecule has 0 spiro atoms. The summed E-state index contributed by atoms with van der Waals surface area (Å²) in [5, 5.41) is 6.61. The van der Waals surface area contributed by atoms with Crippen LogP contribution in [0.3, 0.4) is 0 Å². The maximum absolute atomic E-state index is 11.6. The van der Waals surface area contributed by atoms with Gasteiger partial charge in [-0.25, -0.2) is 0 Å². The van der Waals surface area contributed by atoms with E-state index >= 15 is 0 Å². The second-order valence-electron chi connectivity index (χ2n) is 7.25. The van der Waals surface area contributed by atoms with Gasteiger partial charge in [0.25, 0.3) is 0 Å². The van der Waals surface area contributed by atoms with Crippen LogP contribution in [0.5, 0.6) is 0 Å². The first-order valence-electron chi connectivity index (χ1n) is 9.47. The lowest BCUT2D eigenvalue weighted by Crippen LogP contribution is -2.38.